The van der Waals surface area contributed by atoms with Crippen molar-refractivity contribution < 1.29 is 28.6 Å². The van der Waals surface area contributed by atoms with Crippen molar-refractivity contribution in [1.29, 1.82) is 0 Å². The van der Waals surface area contributed by atoms with Crippen molar-refractivity contribution in [2.45, 2.75) is 316 Å². The molecule has 76 heavy (non-hydrogen) atoms. The first-order chi connectivity index (χ1) is 37.5. The highest BCUT2D eigenvalue weighted by molar-refractivity contribution is 5.71. The number of ether oxygens (including phenoxy) is 3. The first-order valence-corrected chi connectivity index (χ1v) is 32.2. The molecule has 0 bridgehead atoms. The molecule has 0 saturated heterocycles. The second-order valence-corrected chi connectivity index (χ2v) is 21.3. The summed E-state index contributed by atoms with van der Waals surface area (Å²) in [6.07, 6.45) is 85.5. The van der Waals surface area contributed by atoms with Gasteiger partial charge >= 0.3 is 17.9 Å². The van der Waals surface area contributed by atoms with Crippen LogP contribution in [0, 0.1) is 0 Å². The van der Waals surface area contributed by atoms with Gasteiger partial charge in [0.05, 0.1) is 0 Å². The van der Waals surface area contributed by atoms with Crippen LogP contribution in [0.4, 0.5) is 0 Å². The van der Waals surface area contributed by atoms with E-state index in [2.05, 4.69) is 118 Å². The van der Waals surface area contributed by atoms with Gasteiger partial charge in [-0.1, -0.05) is 285 Å². The van der Waals surface area contributed by atoms with Gasteiger partial charge in [0.1, 0.15) is 13.2 Å². The zero-order chi connectivity index (χ0) is 55.0. The second kappa shape index (κ2) is 63.9. The fraction of sp³-hybridized carbons (Fsp3) is 0.729. The van der Waals surface area contributed by atoms with Crippen LogP contribution in [0.3, 0.4) is 0 Å². The number of rotatable bonds is 58. The topological polar surface area (TPSA) is 78.9 Å². The Morgan fingerprint density at radius 1 is 0.276 bits per heavy atom. The fourth-order valence-electron chi connectivity index (χ4n) is 9.01. The van der Waals surface area contributed by atoms with E-state index in [-0.39, 0.29) is 31.1 Å². The number of carbonyl (C=O) groups excluding carboxylic acids is 3. The third-order valence-corrected chi connectivity index (χ3v) is 13.8. The number of allylic oxidation sites excluding steroid dienone is 16. The largest absolute Gasteiger partial charge is 0.462 e. The van der Waals surface area contributed by atoms with Crippen LogP contribution >= 0.6 is 0 Å². The highest BCUT2D eigenvalue weighted by atomic mass is 16.6. The smallest absolute Gasteiger partial charge is 0.306 e. The van der Waals surface area contributed by atoms with E-state index in [9.17, 15) is 14.4 Å². The summed E-state index contributed by atoms with van der Waals surface area (Å²) in [4.78, 5) is 38.3. The SMILES string of the molecule is CC/C=C\C/C=C\C/C=C\C/C=C\C/C=C\C/C=C\C/C=C\CCCCCCCC(=O)OCC(COC(=O)CCCCCCCCCCCCCCCCC)OC(=O)CCCCCCC/C=C\CCCCCCCCC. The van der Waals surface area contributed by atoms with Crippen LogP contribution in [0.5, 0.6) is 0 Å². The molecular formula is C70H120O6. The van der Waals surface area contributed by atoms with Gasteiger partial charge in [0.25, 0.3) is 0 Å². The van der Waals surface area contributed by atoms with Crippen molar-refractivity contribution in [3.8, 4) is 0 Å². The number of hydrogen-bond donors (Lipinski definition) is 0. The van der Waals surface area contributed by atoms with Crippen molar-refractivity contribution in [2.75, 3.05) is 13.2 Å². The summed E-state index contributed by atoms with van der Waals surface area (Å²) >= 11 is 0. The minimum atomic E-state index is -0.790. The fourth-order valence-corrected chi connectivity index (χ4v) is 9.01. The van der Waals surface area contributed by atoms with Crippen LogP contribution in [-0.4, -0.2) is 37.2 Å². The summed E-state index contributed by atoms with van der Waals surface area (Å²) in [7, 11) is 0. The first kappa shape index (κ1) is 72.3. The van der Waals surface area contributed by atoms with E-state index in [4.69, 9.17) is 14.2 Å². The van der Waals surface area contributed by atoms with Crippen molar-refractivity contribution in [3.63, 3.8) is 0 Å². The maximum Gasteiger partial charge on any atom is 0.306 e. The molecule has 0 amide bonds. The van der Waals surface area contributed by atoms with Crippen molar-refractivity contribution in [1.82, 2.24) is 0 Å². The van der Waals surface area contributed by atoms with Gasteiger partial charge in [-0.25, -0.2) is 0 Å². The van der Waals surface area contributed by atoms with E-state index >= 15 is 0 Å². The molecule has 6 heteroatoms. The summed E-state index contributed by atoms with van der Waals surface area (Å²) in [6, 6.07) is 0. The molecule has 1 atom stereocenters. The molecule has 0 aromatic carbocycles. The maximum absolute atomic E-state index is 12.9. The molecule has 6 nitrogen and oxygen atoms in total. The predicted octanol–water partition coefficient (Wildman–Crippen LogP) is 22.0. The van der Waals surface area contributed by atoms with Gasteiger partial charge in [-0.2, -0.15) is 0 Å². The van der Waals surface area contributed by atoms with Crippen LogP contribution in [-0.2, 0) is 28.6 Å². The molecule has 0 aliphatic rings. The highest BCUT2D eigenvalue weighted by Gasteiger charge is 2.19. The Hall–Kier alpha value is -3.67. The lowest BCUT2D eigenvalue weighted by Gasteiger charge is -2.18. The van der Waals surface area contributed by atoms with Crippen LogP contribution in [0.15, 0.2) is 97.2 Å². The second-order valence-electron chi connectivity index (χ2n) is 21.3. The van der Waals surface area contributed by atoms with Crippen LogP contribution in [0.2, 0.25) is 0 Å². The minimum Gasteiger partial charge on any atom is -0.462 e. The number of esters is 3. The van der Waals surface area contributed by atoms with Crippen molar-refractivity contribution in [3.05, 3.63) is 97.2 Å². The van der Waals surface area contributed by atoms with E-state index in [1.165, 1.54) is 135 Å². The van der Waals surface area contributed by atoms with Crippen LogP contribution in [0.25, 0.3) is 0 Å². The average molecular weight is 1060 g/mol. The quantitative estimate of drug-likeness (QED) is 0.0261. The molecule has 0 aliphatic carbocycles. The van der Waals surface area contributed by atoms with Crippen LogP contribution < -0.4 is 0 Å². The van der Waals surface area contributed by atoms with Gasteiger partial charge < -0.3 is 14.2 Å². The zero-order valence-electron chi connectivity index (χ0n) is 50.0. The van der Waals surface area contributed by atoms with Gasteiger partial charge in [0.2, 0.25) is 0 Å². The van der Waals surface area contributed by atoms with E-state index < -0.39 is 6.10 Å². The molecule has 0 saturated carbocycles. The maximum atomic E-state index is 12.9. The third kappa shape index (κ3) is 61.2. The summed E-state index contributed by atoms with van der Waals surface area (Å²) in [5.41, 5.74) is 0. The molecule has 0 aromatic heterocycles. The Balaban J connectivity index is 4.38. The van der Waals surface area contributed by atoms with E-state index in [0.717, 1.165) is 135 Å². The van der Waals surface area contributed by atoms with Gasteiger partial charge in [0, 0.05) is 19.3 Å². The molecule has 1 unspecified atom stereocenters. The minimum absolute atomic E-state index is 0.0844. The monoisotopic (exact) mass is 1060 g/mol. The Kier molecular flexibility index (Phi) is 60.8. The normalized spacial score (nSPS) is 12.7. The Morgan fingerprint density at radius 3 is 0.816 bits per heavy atom. The summed E-state index contributed by atoms with van der Waals surface area (Å²) in [5.74, 6) is -0.901. The molecule has 0 rings (SSSR count). The molecule has 0 N–H and O–H groups in total. The Morgan fingerprint density at radius 2 is 0.513 bits per heavy atom. The van der Waals surface area contributed by atoms with Gasteiger partial charge in [-0.15, -0.1) is 0 Å². The van der Waals surface area contributed by atoms with Gasteiger partial charge in [-0.05, 0) is 103 Å². The molecule has 0 radical (unpaired) electrons. The van der Waals surface area contributed by atoms with Crippen LogP contribution in [0.1, 0.15) is 310 Å². The molecule has 0 fully saturated rings. The highest BCUT2D eigenvalue weighted by Crippen LogP contribution is 2.16. The van der Waals surface area contributed by atoms with Crippen molar-refractivity contribution in [2.24, 2.45) is 0 Å². The summed E-state index contributed by atoms with van der Waals surface area (Å²) in [6.45, 7) is 6.53. The number of unbranched alkanes of at least 4 members (excludes halogenated alkanes) is 31. The molecule has 436 valence electrons. The Bertz CT molecular complexity index is 1490. The van der Waals surface area contributed by atoms with E-state index in [1.807, 2.05) is 0 Å². The van der Waals surface area contributed by atoms with Gasteiger partial charge in [-0.3, -0.25) is 14.4 Å². The lowest BCUT2D eigenvalue weighted by molar-refractivity contribution is -0.167. The lowest BCUT2D eigenvalue weighted by Crippen LogP contribution is -2.30. The van der Waals surface area contributed by atoms with Crippen molar-refractivity contribution >= 4 is 17.9 Å². The third-order valence-electron chi connectivity index (χ3n) is 13.8. The average Bonchev–Trinajstić information content (AvgIpc) is 3.42. The summed E-state index contributed by atoms with van der Waals surface area (Å²) < 4.78 is 16.9. The molecule has 0 heterocycles. The molecule has 0 spiro atoms. The number of hydrogen-bond acceptors (Lipinski definition) is 6. The standard InChI is InChI=1S/C70H120O6/c1-4-7-10-13-16-19-22-25-28-30-31-32-33-34-35-36-37-38-39-40-43-45-48-51-54-57-60-63-69(72)75-66-67(65-74-68(71)62-59-56-53-50-47-44-41-27-24-21-18-15-12-9-6-3)76-70(73)64-61-58-55-52-49-46-42-29-26-23-20-17-14-11-8-5-2/h7,10,16,19,25,28-29,31-32,34-35,37-38,40,42-43,67H,4-6,8-9,11-15,17-18,20-24,26-27,30,33,36,39,41,44-66H2,1-3H3/b10-7-,19-16-,28-25-,32-31-,35-34-,38-37-,42-29-,43-40-. The first-order valence-electron chi connectivity index (χ1n) is 32.2. The van der Waals surface area contributed by atoms with E-state index in [0.29, 0.717) is 19.3 Å². The molecule has 0 aliphatic heterocycles. The Labute approximate surface area is 470 Å². The van der Waals surface area contributed by atoms with E-state index in [1.54, 1.807) is 0 Å². The summed E-state index contributed by atoms with van der Waals surface area (Å²) in [5, 5.41) is 0. The number of carbonyl (C=O) groups is 3. The lowest BCUT2D eigenvalue weighted by atomic mass is 10.0. The molecule has 0 aromatic rings. The molecular weight excluding hydrogens is 937 g/mol. The zero-order valence-corrected chi connectivity index (χ0v) is 50.0. The van der Waals surface area contributed by atoms with Gasteiger partial charge in [0.15, 0.2) is 6.10 Å². The predicted molar refractivity (Wildman–Crippen MR) is 330 cm³/mol.